The molecule has 5 rings (SSSR count). The van der Waals surface area contributed by atoms with Gasteiger partial charge in [0.1, 0.15) is 24.1 Å². The minimum Gasteiger partial charge on any atom is -0.497 e. The first kappa shape index (κ1) is 34.5. The van der Waals surface area contributed by atoms with Crippen molar-refractivity contribution < 1.29 is 27.5 Å². The molecular weight excluding hydrogens is 627 g/mol. The topological polar surface area (TPSA) is 105 Å². The number of methoxy groups -OCH3 is 2. The third-order valence-corrected chi connectivity index (χ3v) is 10.5. The lowest BCUT2D eigenvalue weighted by Gasteiger charge is -2.34. The lowest BCUT2D eigenvalue weighted by atomic mass is 10.0. The van der Waals surface area contributed by atoms with Crippen molar-refractivity contribution in [1.29, 1.82) is 0 Å². The highest BCUT2D eigenvalue weighted by molar-refractivity contribution is 7.92. The Bertz CT molecular complexity index is 1780. The van der Waals surface area contributed by atoms with E-state index in [1.807, 2.05) is 61.5 Å². The molecular formula is C38H43N3O6S. The van der Waals surface area contributed by atoms with Gasteiger partial charge in [-0.15, -0.1) is 0 Å². The van der Waals surface area contributed by atoms with E-state index in [2.05, 4.69) is 5.32 Å². The molecule has 0 bridgehead atoms. The van der Waals surface area contributed by atoms with E-state index in [1.54, 1.807) is 30.3 Å². The summed E-state index contributed by atoms with van der Waals surface area (Å²) in [6, 6.07) is 29.2. The van der Waals surface area contributed by atoms with Crippen molar-refractivity contribution in [3.63, 3.8) is 0 Å². The van der Waals surface area contributed by atoms with Crippen LogP contribution in [0.25, 0.3) is 0 Å². The second-order valence-corrected chi connectivity index (χ2v) is 13.9. The van der Waals surface area contributed by atoms with Crippen molar-refractivity contribution in [2.45, 2.75) is 62.6 Å². The highest BCUT2D eigenvalue weighted by Gasteiger charge is 2.36. The summed E-state index contributed by atoms with van der Waals surface area (Å²) in [5.74, 6) is -0.168. The van der Waals surface area contributed by atoms with Gasteiger partial charge in [0.05, 0.1) is 24.8 Å². The van der Waals surface area contributed by atoms with Crippen LogP contribution >= 0.6 is 0 Å². The van der Waals surface area contributed by atoms with E-state index in [0.29, 0.717) is 5.75 Å². The van der Waals surface area contributed by atoms with E-state index in [9.17, 15) is 18.0 Å². The van der Waals surface area contributed by atoms with Gasteiger partial charge >= 0.3 is 0 Å². The number of aryl methyl sites for hydroxylation is 1. The summed E-state index contributed by atoms with van der Waals surface area (Å²) in [6.07, 6.45) is 4.09. The van der Waals surface area contributed by atoms with Crippen molar-refractivity contribution in [2.24, 2.45) is 0 Å². The standard InChI is InChI=1S/C38H43N3O6S/c1-28-18-20-30(21-19-28)26-40(35(24-29-12-6-4-7-13-29)38(43)39-31-14-10-11-15-31)37(42)27-41(48(44,45)33-16-8-5-9-17-33)34-25-32(46-2)22-23-36(34)47-3/h4-9,12-13,16-23,25,31,35H,10-11,14-15,24,26-27H2,1-3H3,(H,39,43). The van der Waals surface area contributed by atoms with Gasteiger partial charge in [0.2, 0.25) is 11.8 Å². The molecule has 4 aromatic carbocycles. The van der Waals surface area contributed by atoms with Gasteiger partial charge in [0.25, 0.3) is 10.0 Å². The molecule has 2 amide bonds. The molecule has 9 nitrogen and oxygen atoms in total. The van der Waals surface area contributed by atoms with Crippen LogP contribution in [0.5, 0.6) is 11.5 Å². The molecule has 1 saturated carbocycles. The maximum atomic E-state index is 14.8. The number of carbonyl (C=O) groups is 2. The lowest BCUT2D eigenvalue weighted by Crippen LogP contribution is -2.54. The second-order valence-electron chi connectivity index (χ2n) is 12.1. The fraction of sp³-hybridized carbons (Fsp3) is 0.316. The number of anilines is 1. The summed E-state index contributed by atoms with van der Waals surface area (Å²) in [6.45, 7) is 1.49. The van der Waals surface area contributed by atoms with E-state index >= 15 is 0 Å². The molecule has 1 atom stereocenters. The number of benzene rings is 4. The molecule has 0 aliphatic heterocycles. The fourth-order valence-corrected chi connectivity index (χ4v) is 7.47. The van der Waals surface area contributed by atoms with Gasteiger partial charge in [-0.05, 0) is 55.2 Å². The summed E-state index contributed by atoms with van der Waals surface area (Å²) in [4.78, 5) is 30.5. The van der Waals surface area contributed by atoms with E-state index in [4.69, 9.17) is 9.47 Å². The number of nitrogens with one attached hydrogen (secondary N) is 1. The van der Waals surface area contributed by atoms with Crippen LogP contribution in [0.15, 0.2) is 108 Å². The summed E-state index contributed by atoms with van der Waals surface area (Å²) in [7, 11) is -1.38. The lowest BCUT2D eigenvalue weighted by molar-refractivity contribution is -0.140. The molecule has 1 aliphatic rings. The average molecular weight is 670 g/mol. The number of rotatable bonds is 14. The van der Waals surface area contributed by atoms with Gasteiger partial charge in [-0.2, -0.15) is 0 Å². The Balaban J connectivity index is 1.60. The Hall–Kier alpha value is -4.83. The quantitative estimate of drug-likeness (QED) is 0.179. The molecule has 4 aromatic rings. The van der Waals surface area contributed by atoms with Crippen molar-refractivity contribution in [3.8, 4) is 11.5 Å². The minimum atomic E-state index is -4.29. The van der Waals surface area contributed by atoms with Crippen molar-refractivity contribution in [3.05, 3.63) is 120 Å². The number of ether oxygens (including phenoxy) is 2. The smallest absolute Gasteiger partial charge is 0.264 e. The third kappa shape index (κ3) is 8.36. The first-order chi connectivity index (χ1) is 23.2. The molecule has 10 heteroatoms. The zero-order valence-electron chi connectivity index (χ0n) is 27.7. The number of hydrogen-bond acceptors (Lipinski definition) is 6. The van der Waals surface area contributed by atoms with Gasteiger partial charge in [-0.25, -0.2) is 8.42 Å². The predicted molar refractivity (Wildman–Crippen MR) is 187 cm³/mol. The summed E-state index contributed by atoms with van der Waals surface area (Å²) in [5, 5.41) is 3.20. The van der Waals surface area contributed by atoms with Crippen LogP contribution < -0.4 is 19.1 Å². The van der Waals surface area contributed by atoms with E-state index < -0.39 is 28.5 Å². The van der Waals surface area contributed by atoms with Crippen LogP contribution in [0.2, 0.25) is 0 Å². The second kappa shape index (κ2) is 15.8. The Labute approximate surface area is 283 Å². The van der Waals surface area contributed by atoms with Crippen LogP contribution in [0.4, 0.5) is 5.69 Å². The Morgan fingerprint density at radius 3 is 2.10 bits per heavy atom. The zero-order chi connectivity index (χ0) is 34.1. The van der Waals surface area contributed by atoms with Crippen LogP contribution in [-0.2, 0) is 32.6 Å². The summed E-state index contributed by atoms with van der Waals surface area (Å²) < 4.78 is 40.8. The minimum absolute atomic E-state index is 0.00701. The number of carbonyl (C=O) groups excluding carboxylic acids is 2. The number of nitrogens with zero attached hydrogens (tertiary/aromatic N) is 2. The van der Waals surface area contributed by atoms with Crippen LogP contribution in [0, 0.1) is 6.92 Å². The van der Waals surface area contributed by atoms with Crippen LogP contribution in [0.3, 0.4) is 0 Å². The highest BCUT2D eigenvalue weighted by atomic mass is 32.2. The van der Waals surface area contributed by atoms with Crippen LogP contribution in [-0.4, -0.2) is 58.0 Å². The normalized spacial score (nSPS) is 13.8. The Kier molecular flexibility index (Phi) is 11.4. The molecule has 48 heavy (non-hydrogen) atoms. The SMILES string of the molecule is COc1ccc(OC)c(N(CC(=O)N(Cc2ccc(C)cc2)C(Cc2ccccc2)C(=O)NC2CCCC2)S(=O)(=O)c2ccccc2)c1. The molecule has 0 aromatic heterocycles. The fourth-order valence-electron chi connectivity index (χ4n) is 6.04. The molecule has 252 valence electrons. The van der Waals surface area contributed by atoms with Crippen molar-refractivity contribution in [2.75, 3.05) is 25.1 Å². The molecule has 1 fully saturated rings. The molecule has 1 N–H and O–H groups in total. The van der Waals surface area contributed by atoms with E-state index in [0.717, 1.165) is 46.7 Å². The Morgan fingerprint density at radius 2 is 1.48 bits per heavy atom. The van der Waals surface area contributed by atoms with Gasteiger partial charge in [0.15, 0.2) is 0 Å². The number of amides is 2. The van der Waals surface area contributed by atoms with Crippen LogP contribution in [0.1, 0.15) is 42.4 Å². The van der Waals surface area contributed by atoms with Gasteiger partial charge in [-0.1, -0.05) is 91.2 Å². The Morgan fingerprint density at radius 1 is 0.833 bits per heavy atom. The maximum Gasteiger partial charge on any atom is 0.264 e. The molecule has 0 heterocycles. The number of sulfonamides is 1. The van der Waals surface area contributed by atoms with Crippen molar-refractivity contribution in [1.82, 2.24) is 10.2 Å². The summed E-state index contributed by atoms with van der Waals surface area (Å²) in [5.41, 5.74) is 2.90. The van der Waals surface area contributed by atoms with Gasteiger partial charge in [0, 0.05) is 25.1 Å². The summed E-state index contributed by atoms with van der Waals surface area (Å²) >= 11 is 0. The predicted octanol–water partition coefficient (Wildman–Crippen LogP) is 5.91. The highest BCUT2D eigenvalue weighted by Crippen LogP contribution is 2.36. The number of hydrogen-bond donors (Lipinski definition) is 1. The largest absolute Gasteiger partial charge is 0.497 e. The first-order valence-electron chi connectivity index (χ1n) is 16.2. The average Bonchev–Trinajstić information content (AvgIpc) is 3.63. The zero-order valence-corrected chi connectivity index (χ0v) is 28.5. The van der Waals surface area contributed by atoms with Crippen molar-refractivity contribution >= 4 is 27.5 Å². The maximum absolute atomic E-state index is 14.8. The monoisotopic (exact) mass is 669 g/mol. The molecule has 1 aliphatic carbocycles. The molecule has 0 radical (unpaired) electrons. The third-order valence-electron chi connectivity index (χ3n) is 8.71. The van der Waals surface area contributed by atoms with Gasteiger partial charge in [-0.3, -0.25) is 13.9 Å². The van der Waals surface area contributed by atoms with E-state index in [1.165, 1.54) is 37.3 Å². The van der Waals surface area contributed by atoms with E-state index in [-0.39, 0.29) is 41.2 Å². The molecule has 1 unspecified atom stereocenters. The van der Waals surface area contributed by atoms with Gasteiger partial charge < -0.3 is 19.7 Å². The first-order valence-corrected chi connectivity index (χ1v) is 17.6. The molecule has 0 saturated heterocycles. The molecule has 0 spiro atoms.